The number of fused-ring (bicyclic) bond motifs is 1. The summed E-state index contributed by atoms with van der Waals surface area (Å²) >= 11 is 0. The lowest BCUT2D eigenvalue weighted by Crippen LogP contribution is -2.39. The number of hydrogen-bond acceptors (Lipinski definition) is 6. The number of nitrogens with zero attached hydrogens (tertiary/aromatic N) is 1. The van der Waals surface area contributed by atoms with Gasteiger partial charge in [0.25, 0.3) is 0 Å². The molecule has 2 N–H and O–H groups in total. The molecular weight excluding hydrogens is 392 g/mol. The predicted octanol–water partition coefficient (Wildman–Crippen LogP) is 4.41. The molecular formula is C25H28N2O4. The third-order valence-electron chi connectivity index (χ3n) is 5.72. The lowest BCUT2D eigenvalue weighted by atomic mass is 10.0. The van der Waals surface area contributed by atoms with Crippen LogP contribution in [-0.4, -0.2) is 42.8 Å². The zero-order valence-corrected chi connectivity index (χ0v) is 17.9. The van der Waals surface area contributed by atoms with Gasteiger partial charge >= 0.3 is 5.63 Å². The quantitative estimate of drug-likeness (QED) is 0.576. The molecule has 3 aromatic rings. The predicted molar refractivity (Wildman–Crippen MR) is 124 cm³/mol. The van der Waals surface area contributed by atoms with E-state index < -0.39 is 0 Å². The maximum atomic E-state index is 11.9. The molecule has 2 aromatic carbocycles. The van der Waals surface area contributed by atoms with E-state index in [2.05, 4.69) is 22.4 Å². The van der Waals surface area contributed by atoms with Gasteiger partial charge in [0, 0.05) is 37.1 Å². The van der Waals surface area contributed by atoms with Gasteiger partial charge in [-0.2, -0.15) is 0 Å². The Morgan fingerprint density at radius 1 is 1.19 bits per heavy atom. The van der Waals surface area contributed by atoms with Crippen molar-refractivity contribution in [1.29, 1.82) is 0 Å². The molecule has 0 bridgehead atoms. The van der Waals surface area contributed by atoms with E-state index in [1.807, 2.05) is 37.3 Å². The molecule has 0 aliphatic carbocycles. The van der Waals surface area contributed by atoms with Crippen molar-refractivity contribution >= 4 is 22.7 Å². The van der Waals surface area contributed by atoms with Crippen LogP contribution in [0.3, 0.4) is 0 Å². The van der Waals surface area contributed by atoms with Crippen LogP contribution in [0.4, 0.5) is 5.69 Å². The summed E-state index contributed by atoms with van der Waals surface area (Å²) < 4.78 is 10.5. The number of phenols is 1. The van der Waals surface area contributed by atoms with Crippen LogP contribution in [0.5, 0.6) is 11.5 Å². The van der Waals surface area contributed by atoms with Crippen molar-refractivity contribution in [2.45, 2.75) is 25.8 Å². The molecule has 1 aliphatic heterocycles. The fourth-order valence-electron chi connectivity index (χ4n) is 4.01. The van der Waals surface area contributed by atoms with Crippen LogP contribution in [0, 0.1) is 6.92 Å². The van der Waals surface area contributed by atoms with Crippen molar-refractivity contribution in [1.82, 2.24) is 4.90 Å². The minimum Gasteiger partial charge on any atom is -0.504 e. The van der Waals surface area contributed by atoms with Crippen LogP contribution in [0.2, 0.25) is 0 Å². The van der Waals surface area contributed by atoms with Crippen LogP contribution in [0.25, 0.3) is 17.0 Å². The summed E-state index contributed by atoms with van der Waals surface area (Å²) in [6.45, 7) is 4.88. The van der Waals surface area contributed by atoms with E-state index in [-0.39, 0.29) is 11.4 Å². The summed E-state index contributed by atoms with van der Waals surface area (Å²) in [6, 6.07) is 13.1. The van der Waals surface area contributed by atoms with Crippen LogP contribution in [-0.2, 0) is 0 Å². The van der Waals surface area contributed by atoms with Gasteiger partial charge in [0.1, 0.15) is 5.58 Å². The van der Waals surface area contributed by atoms with Gasteiger partial charge in [0.15, 0.2) is 11.5 Å². The molecule has 6 heteroatoms. The molecule has 2 heterocycles. The van der Waals surface area contributed by atoms with E-state index >= 15 is 0 Å². The number of nitrogens with one attached hydrogen (secondary N) is 1. The Labute approximate surface area is 181 Å². The first-order chi connectivity index (χ1) is 15.0. The number of aromatic hydroxyl groups is 1. The van der Waals surface area contributed by atoms with Crippen molar-refractivity contribution in [2.24, 2.45) is 0 Å². The van der Waals surface area contributed by atoms with Gasteiger partial charge in [-0.3, -0.25) is 4.90 Å². The molecule has 1 saturated heterocycles. The highest BCUT2D eigenvalue weighted by atomic mass is 16.5. The first-order valence-corrected chi connectivity index (χ1v) is 10.6. The third-order valence-corrected chi connectivity index (χ3v) is 5.72. The topological polar surface area (TPSA) is 74.9 Å². The van der Waals surface area contributed by atoms with Crippen LogP contribution in [0.1, 0.15) is 24.0 Å². The fraction of sp³-hybridized carbons (Fsp3) is 0.320. The minimum atomic E-state index is -0.327. The summed E-state index contributed by atoms with van der Waals surface area (Å²) in [4.78, 5) is 14.3. The number of methoxy groups -OCH3 is 1. The molecule has 1 aliphatic rings. The molecule has 0 atom stereocenters. The molecule has 0 amide bonds. The zero-order valence-electron chi connectivity index (χ0n) is 17.9. The Morgan fingerprint density at radius 3 is 2.77 bits per heavy atom. The van der Waals surface area contributed by atoms with Gasteiger partial charge in [-0.1, -0.05) is 29.8 Å². The van der Waals surface area contributed by atoms with Gasteiger partial charge in [-0.15, -0.1) is 0 Å². The van der Waals surface area contributed by atoms with Crippen LogP contribution in [0.15, 0.2) is 57.8 Å². The second-order valence-electron chi connectivity index (χ2n) is 8.03. The number of likely N-dealkylation sites (tertiary alicyclic amines) is 1. The molecule has 0 spiro atoms. The summed E-state index contributed by atoms with van der Waals surface area (Å²) in [5.41, 5.74) is 3.28. The summed E-state index contributed by atoms with van der Waals surface area (Å²) in [5.74, 6) is 0.625. The highest BCUT2D eigenvalue weighted by molar-refractivity contribution is 5.90. The van der Waals surface area contributed by atoms with E-state index in [9.17, 15) is 9.90 Å². The van der Waals surface area contributed by atoms with E-state index in [1.54, 1.807) is 19.2 Å². The Kier molecular flexibility index (Phi) is 6.28. The molecule has 162 valence electrons. The number of piperidine rings is 1. The van der Waals surface area contributed by atoms with Crippen molar-refractivity contribution in [3.05, 3.63) is 70.1 Å². The molecule has 0 radical (unpaired) electrons. The molecule has 1 fully saturated rings. The summed E-state index contributed by atoms with van der Waals surface area (Å²) in [5, 5.41) is 14.2. The Bertz CT molecular complexity index is 1140. The van der Waals surface area contributed by atoms with Crippen molar-refractivity contribution in [3.63, 3.8) is 0 Å². The minimum absolute atomic E-state index is 0.147. The van der Waals surface area contributed by atoms with Gasteiger partial charge in [0.05, 0.1) is 12.8 Å². The van der Waals surface area contributed by atoms with E-state index in [1.165, 1.54) is 0 Å². The Hall–Kier alpha value is -3.25. The number of anilines is 1. The number of ether oxygens (including phenoxy) is 1. The second-order valence-corrected chi connectivity index (χ2v) is 8.03. The monoisotopic (exact) mass is 420 g/mol. The van der Waals surface area contributed by atoms with E-state index in [0.29, 0.717) is 17.4 Å². The largest absolute Gasteiger partial charge is 0.504 e. The number of benzene rings is 2. The molecule has 6 nitrogen and oxygen atoms in total. The number of aryl methyl sites for hydroxylation is 1. The molecule has 0 saturated carbocycles. The SMILES string of the molecule is COc1cc(/C=C/CN2CCC(Nc3cc(=O)oc4ccc(C)cc34)CC2)ccc1O. The lowest BCUT2D eigenvalue weighted by molar-refractivity contribution is 0.240. The van der Waals surface area contributed by atoms with Crippen LogP contribution >= 0.6 is 0 Å². The second kappa shape index (κ2) is 9.27. The molecule has 0 unspecified atom stereocenters. The van der Waals surface area contributed by atoms with Crippen molar-refractivity contribution in [2.75, 3.05) is 32.1 Å². The zero-order chi connectivity index (χ0) is 21.8. The van der Waals surface area contributed by atoms with Gasteiger partial charge < -0.3 is 19.6 Å². The maximum Gasteiger partial charge on any atom is 0.338 e. The fourth-order valence-corrected chi connectivity index (χ4v) is 4.01. The molecule has 31 heavy (non-hydrogen) atoms. The van der Waals surface area contributed by atoms with Gasteiger partial charge in [-0.05, 0) is 49.6 Å². The number of phenolic OH excluding ortho intramolecular Hbond substituents is 1. The number of rotatable bonds is 6. The van der Waals surface area contributed by atoms with E-state index in [0.717, 1.165) is 54.7 Å². The van der Waals surface area contributed by atoms with E-state index in [4.69, 9.17) is 9.15 Å². The summed E-state index contributed by atoms with van der Waals surface area (Å²) in [6.07, 6.45) is 6.20. The highest BCUT2D eigenvalue weighted by Gasteiger charge is 2.19. The van der Waals surface area contributed by atoms with Crippen molar-refractivity contribution < 1.29 is 14.3 Å². The first kappa shape index (κ1) is 21.0. The highest BCUT2D eigenvalue weighted by Crippen LogP contribution is 2.27. The molecule has 4 rings (SSSR count). The van der Waals surface area contributed by atoms with Crippen LogP contribution < -0.4 is 15.7 Å². The van der Waals surface area contributed by atoms with Gasteiger partial charge in [0.2, 0.25) is 0 Å². The maximum absolute atomic E-state index is 11.9. The Balaban J connectivity index is 1.34. The summed E-state index contributed by atoms with van der Waals surface area (Å²) in [7, 11) is 1.55. The average Bonchev–Trinajstić information content (AvgIpc) is 2.76. The third kappa shape index (κ3) is 5.09. The normalized spacial score (nSPS) is 15.5. The first-order valence-electron chi connectivity index (χ1n) is 10.6. The molecule has 1 aromatic heterocycles. The standard InChI is InChI=1S/C25H28N2O4/c1-17-5-8-23-20(14-17)21(16-25(29)31-23)26-19-9-12-27(13-10-19)11-3-4-18-6-7-22(28)24(15-18)30-2/h3-8,14-16,19,26,28H,9-13H2,1-2H3/b4-3+. The Morgan fingerprint density at radius 2 is 2.00 bits per heavy atom. The van der Waals surface area contributed by atoms with Gasteiger partial charge in [-0.25, -0.2) is 4.79 Å². The number of hydrogen-bond donors (Lipinski definition) is 2. The lowest BCUT2D eigenvalue weighted by Gasteiger charge is -2.32. The average molecular weight is 421 g/mol. The smallest absolute Gasteiger partial charge is 0.338 e. The van der Waals surface area contributed by atoms with Crippen molar-refractivity contribution in [3.8, 4) is 11.5 Å².